The number of hydrogen-bond acceptors (Lipinski definition) is 4. The standard InChI is InChI=1S/C13H19NO3/c1-8(14-10-6-11(15)7-10)9-3-4-12(16)13(5-9)17-2/h3-5,8,10-11,14-16H,6-7H2,1-2H3. The van der Waals surface area contributed by atoms with Gasteiger partial charge in [-0.2, -0.15) is 0 Å². The van der Waals surface area contributed by atoms with E-state index < -0.39 is 0 Å². The van der Waals surface area contributed by atoms with E-state index in [0.29, 0.717) is 11.8 Å². The molecule has 1 atom stereocenters. The smallest absolute Gasteiger partial charge is 0.160 e. The van der Waals surface area contributed by atoms with Gasteiger partial charge in [-0.05, 0) is 37.5 Å². The molecule has 0 bridgehead atoms. The van der Waals surface area contributed by atoms with Gasteiger partial charge in [-0.25, -0.2) is 0 Å². The lowest BCUT2D eigenvalue weighted by Gasteiger charge is -2.34. The van der Waals surface area contributed by atoms with E-state index in [1.807, 2.05) is 12.1 Å². The average Bonchev–Trinajstić information content (AvgIpc) is 2.27. The van der Waals surface area contributed by atoms with Crippen LogP contribution in [0.5, 0.6) is 11.5 Å². The molecule has 2 rings (SSSR count). The first-order valence-corrected chi connectivity index (χ1v) is 5.91. The van der Waals surface area contributed by atoms with E-state index in [1.54, 1.807) is 13.2 Å². The Morgan fingerprint density at radius 3 is 2.71 bits per heavy atom. The number of aliphatic hydroxyl groups excluding tert-OH is 1. The molecule has 0 radical (unpaired) electrons. The van der Waals surface area contributed by atoms with E-state index in [0.717, 1.165) is 18.4 Å². The summed E-state index contributed by atoms with van der Waals surface area (Å²) >= 11 is 0. The third-order valence-corrected chi connectivity index (χ3v) is 3.30. The number of aliphatic hydroxyl groups is 1. The van der Waals surface area contributed by atoms with E-state index in [-0.39, 0.29) is 17.9 Å². The zero-order valence-corrected chi connectivity index (χ0v) is 10.2. The topological polar surface area (TPSA) is 61.7 Å². The van der Waals surface area contributed by atoms with Gasteiger partial charge in [0.1, 0.15) is 0 Å². The highest BCUT2D eigenvalue weighted by molar-refractivity contribution is 5.42. The molecule has 0 spiro atoms. The van der Waals surface area contributed by atoms with Crippen LogP contribution in [0.2, 0.25) is 0 Å². The van der Waals surface area contributed by atoms with Crippen molar-refractivity contribution in [3.63, 3.8) is 0 Å². The van der Waals surface area contributed by atoms with Gasteiger partial charge in [0, 0.05) is 12.1 Å². The van der Waals surface area contributed by atoms with Crippen LogP contribution in [0.4, 0.5) is 0 Å². The summed E-state index contributed by atoms with van der Waals surface area (Å²) in [6, 6.07) is 5.93. The third kappa shape index (κ3) is 2.70. The Morgan fingerprint density at radius 2 is 2.12 bits per heavy atom. The minimum Gasteiger partial charge on any atom is -0.504 e. The second kappa shape index (κ2) is 4.94. The van der Waals surface area contributed by atoms with Gasteiger partial charge in [-0.15, -0.1) is 0 Å². The summed E-state index contributed by atoms with van der Waals surface area (Å²) in [7, 11) is 1.54. The fourth-order valence-electron chi connectivity index (χ4n) is 2.14. The van der Waals surface area contributed by atoms with Crippen molar-refractivity contribution in [2.24, 2.45) is 0 Å². The molecule has 1 unspecified atom stereocenters. The Labute approximate surface area is 101 Å². The number of aromatic hydroxyl groups is 1. The Bertz CT molecular complexity index is 388. The van der Waals surface area contributed by atoms with E-state index in [4.69, 9.17) is 4.74 Å². The molecule has 3 N–H and O–H groups in total. The average molecular weight is 237 g/mol. The van der Waals surface area contributed by atoms with Crippen molar-refractivity contribution in [1.29, 1.82) is 0 Å². The normalized spacial score (nSPS) is 25.1. The number of methoxy groups -OCH3 is 1. The molecular weight excluding hydrogens is 218 g/mol. The van der Waals surface area contributed by atoms with Crippen molar-refractivity contribution in [2.45, 2.75) is 38.0 Å². The van der Waals surface area contributed by atoms with Gasteiger partial charge < -0.3 is 20.3 Å². The van der Waals surface area contributed by atoms with Crippen molar-refractivity contribution in [3.05, 3.63) is 23.8 Å². The maximum absolute atomic E-state index is 9.51. The first-order chi connectivity index (χ1) is 8.10. The zero-order chi connectivity index (χ0) is 12.4. The summed E-state index contributed by atoms with van der Waals surface area (Å²) in [6.07, 6.45) is 1.49. The number of nitrogens with one attached hydrogen (secondary N) is 1. The summed E-state index contributed by atoms with van der Waals surface area (Å²) in [6.45, 7) is 2.07. The molecule has 17 heavy (non-hydrogen) atoms. The maximum Gasteiger partial charge on any atom is 0.160 e. The first kappa shape index (κ1) is 12.2. The maximum atomic E-state index is 9.51. The highest BCUT2D eigenvalue weighted by Crippen LogP contribution is 2.30. The van der Waals surface area contributed by atoms with Gasteiger partial charge in [0.05, 0.1) is 13.2 Å². The quantitative estimate of drug-likeness (QED) is 0.744. The summed E-state index contributed by atoms with van der Waals surface area (Å²) < 4.78 is 5.08. The molecule has 0 aliphatic heterocycles. The summed E-state index contributed by atoms with van der Waals surface area (Å²) in [4.78, 5) is 0. The number of phenolic OH excluding ortho intramolecular Hbond substituents is 1. The van der Waals surface area contributed by atoms with Crippen LogP contribution in [0.3, 0.4) is 0 Å². The monoisotopic (exact) mass is 237 g/mol. The Balaban J connectivity index is 2.01. The summed E-state index contributed by atoms with van der Waals surface area (Å²) in [5.74, 6) is 0.646. The Kier molecular flexibility index (Phi) is 3.54. The van der Waals surface area contributed by atoms with Crippen molar-refractivity contribution in [1.82, 2.24) is 5.32 Å². The van der Waals surface area contributed by atoms with Crippen LogP contribution in [0, 0.1) is 0 Å². The number of ether oxygens (including phenoxy) is 1. The molecule has 0 saturated heterocycles. The molecule has 1 fully saturated rings. The summed E-state index contributed by atoms with van der Waals surface area (Å²) in [5, 5.41) is 22.2. The number of benzene rings is 1. The van der Waals surface area contributed by atoms with Crippen LogP contribution in [-0.4, -0.2) is 29.5 Å². The van der Waals surface area contributed by atoms with Crippen molar-refractivity contribution < 1.29 is 14.9 Å². The Morgan fingerprint density at radius 1 is 1.41 bits per heavy atom. The molecule has 1 saturated carbocycles. The van der Waals surface area contributed by atoms with Crippen LogP contribution >= 0.6 is 0 Å². The molecule has 0 amide bonds. The predicted molar refractivity (Wildman–Crippen MR) is 65.2 cm³/mol. The van der Waals surface area contributed by atoms with Gasteiger partial charge in [0.15, 0.2) is 11.5 Å². The molecule has 1 aliphatic rings. The molecular formula is C13H19NO3. The Hall–Kier alpha value is -1.26. The van der Waals surface area contributed by atoms with E-state index in [9.17, 15) is 10.2 Å². The zero-order valence-electron chi connectivity index (χ0n) is 10.2. The third-order valence-electron chi connectivity index (χ3n) is 3.30. The number of hydrogen-bond donors (Lipinski definition) is 3. The SMILES string of the molecule is COc1cc(C(C)NC2CC(O)C2)ccc1O. The fourth-order valence-corrected chi connectivity index (χ4v) is 2.14. The molecule has 0 heterocycles. The molecule has 1 aromatic rings. The largest absolute Gasteiger partial charge is 0.504 e. The fraction of sp³-hybridized carbons (Fsp3) is 0.538. The van der Waals surface area contributed by atoms with Crippen LogP contribution in [0.15, 0.2) is 18.2 Å². The van der Waals surface area contributed by atoms with E-state index in [2.05, 4.69) is 12.2 Å². The molecule has 0 aromatic heterocycles. The highest BCUT2D eigenvalue weighted by atomic mass is 16.5. The first-order valence-electron chi connectivity index (χ1n) is 5.91. The predicted octanol–water partition coefficient (Wildman–Crippen LogP) is 1.57. The van der Waals surface area contributed by atoms with Gasteiger partial charge in [-0.1, -0.05) is 6.07 Å². The summed E-state index contributed by atoms with van der Waals surface area (Å²) in [5.41, 5.74) is 1.07. The molecule has 1 aromatic carbocycles. The lowest BCUT2D eigenvalue weighted by molar-refractivity contribution is 0.0585. The van der Waals surface area contributed by atoms with E-state index >= 15 is 0 Å². The number of phenols is 1. The van der Waals surface area contributed by atoms with E-state index in [1.165, 1.54) is 0 Å². The van der Waals surface area contributed by atoms with Crippen LogP contribution in [0.25, 0.3) is 0 Å². The number of rotatable bonds is 4. The lowest BCUT2D eigenvalue weighted by Crippen LogP contribution is -2.45. The van der Waals surface area contributed by atoms with Crippen LogP contribution < -0.4 is 10.1 Å². The molecule has 4 heteroatoms. The van der Waals surface area contributed by atoms with Gasteiger partial charge in [0.25, 0.3) is 0 Å². The van der Waals surface area contributed by atoms with Crippen LogP contribution in [-0.2, 0) is 0 Å². The second-order valence-corrected chi connectivity index (χ2v) is 4.64. The highest BCUT2D eigenvalue weighted by Gasteiger charge is 2.28. The lowest BCUT2D eigenvalue weighted by atomic mass is 9.88. The minimum absolute atomic E-state index is 0.144. The van der Waals surface area contributed by atoms with Crippen molar-refractivity contribution in [3.8, 4) is 11.5 Å². The molecule has 1 aliphatic carbocycles. The molecule has 4 nitrogen and oxygen atoms in total. The minimum atomic E-state index is -0.144. The van der Waals surface area contributed by atoms with Crippen LogP contribution in [0.1, 0.15) is 31.4 Å². The van der Waals surface area contributed by atoms with Gasteiger partial charge >= 0.3 is 0 Å². The van der Waals surface area contributed by atoms with Crippen molar-refractivity contribution >= 4 is 0 Å². The second-order valence-electron chi connectivity index (χ2n) is 4.64. The van der Waals surface area contributed by atoms with Gasteiger partial charge in [-0.3, -0.25) is 0 Å². The van der Waals surface area contributed by atoms with Gasteiger partial charge in [0.2, 0.25) is 0 Å². The molecule has 94 valence electrons. The van der Waals surface area contributed by atoms with Crippen molar-refractivity contribution in [2.75, 3.05) is 7.11 Å².